The summed E-state index contributed by atoms with van der Waals surface area (Å²) in [5, 5.41) is 6.47. The van der Waals surface area contributed by atoms with E-state index in [-0.39, 0.29) is 6.04 Å². The Bertz CT molecular complexity index is 1410. The van der Waals surface area contributed by atoms with Gasteiger partial charge in [-0.2, -0.15) is 0 Å². The molecule has 1 N–H and O–H groups in total. The number of aryl methyl sites for hydroxylation is 1. The quantitative estimate of drug-likeness (QED) is 0.294. The number of hydrogen-bond acceptors (Lipinski definition) is 4. The molecule has 4 aromatic carbocycles. The Hall–Kier alpha value is -3.21. The molecule has 0 fully saturated rings. The summed E-state index contributed by atoms with van der Waals surface area (Å²) in [4.78, 5) is 0. The van der Waals surface area contributed by atoms with Crippen molar-refractivity contribution in [1.29, 1.82) is 0 Å². The fraction of sp³-hybridized carbons (Fsp3) is 0.290. The average Bonchev–Trinajstić information content (AvgIpc) is 2.87. The normalized spacial score (nSPS) is 17.1. The van der Waals surface area contributed by atoms with Gasteiger partial charge in [0.2, 0.25) is 0 Å². The van der Waals surface area contributed by atoms with Crippen molar-refractivity contribution in [2.45, 2.75) is 45.9 Å². The van der Waals surface area contributed by atoms with Crippen LogP contribution >= 0.6 is 11.6 Å². The predicted octanol–water partition coefficient (Wildman–Crippen LogP) is 7.66. The SMILES string of the molecule is COc1cccc2c(-c3ccc4c(c3OCc3ccc(Cl)cc3)[C@@H](C)N[C@H](C)C4)c(C)cc(OC)c12. The Labute approximate surface area is 218 Å². The summed E-state index contributed by atoms with van der Waals surface area (Å²) in [5.41, 5.74) is 6.95. The molecule has 0 spiro atoms. The molecule has 36 heavy (non-hydrogen) atoms. The van der Waals surface area contributed by atoms with E-state index >= 15 is 0 Å². The highest BCUT2D eigenvalue weighted by Gasteiger charge is 2.28. The molecule has 186 valence electrons. The van der Waals surface area contributed by atoms with Gasteiger partial charge in [-0.25, -0.2) is 0 Å². The number of hydrogen-bond donors (Lipinski definition) is 1. The van der Waals surface area contributed by atoms with Crippen LogP contribution in [0.1, 0.15) is 42.1 Å². The number of ether oxygens (including phenoxy) is 3. The summed E-state index contributed by atoms with van der Waals surface area (Å²) >= 11 is 6.11. The van der Waals surface area contributed by atoms with E-state index < -0.39 is 0 Å². The number of rotatable bonds is 6. The maximum Gasteiger partial charge on any atom is 0.132 e. The highest BCUT2D eigenvalue weighted by molar-refractivity contribution is 6.30. The maximum absolute atomic E-state index is 6.69. The van der Waals surface area contributed by atoms with Crippen LogP contribution in [0.4, 0.5) is 0 Å². The van der Waals surface area contributed by atoms with Crippen LogP contribution in [0.15, 0.2) is 60.7 Å². The molecule has 1 aliphatic heterocycles. The van der Waals surface area contributed by atoms with Gasteiger partial charge in [0, 0.05) is 28.2 Å². The van der Waals surface area contributed by atoms with Gasteiger partial charge in [0.1, 0.15) is 23.9 Å². The van der Waals surface area contributed by atoms with Crippen LogP contribution in [0.3, 0.4) is 0 Å². The molecule has 0 radical (unpaired) electrons. The van der Waals surface area contributed by atoms with Crippen molar-refractivity contribution in [3.8, 4) is 28.4 Å². The molecule has 0 aromatic heterocycles. The number of benzene rings is 4. The van der Waals surface area contributed by atoms with Crippen molar-refractivity contribution in [3.05, 3.63) is 87.9 Å². The zero-order valence-corrected chi connectivity index (χ0v) is 22.2. The molecular weight excluding hydrogens is 470 g/mol. The largest absolute Gasteiger partial charge is 0.496 e. The molecule has 5 rings (SSSR count). The fourth-order valence-corrected chi connectivity index (χ4v) is 5.64. The lowest BCUT2D eigenvalue weighted by Gasteiger charge is -2.32. The Kier molecular flexibility index (Phi) is 6.83. The van der Waals surface area contributed by atoms with Crippen molar-refractivity contribution in [3.63, 3.8) is 0 Å². The molecular formula is C31H32ClNO3. The Morgan fingerprint density at radius 1 is 0.944 bits per heavy atom. The van der Waals surface area contributed by atoms with E-state index in [9.17, 15) is 0 Å². The molecule has 4 aromatic rings. The molecule has 5 heteroatoms. The van der Waals surface area contributed by atoms with Crippen molar-refractivity contribution in [2.24, 2.45) is 0 Å². The summed E-state index contributed by atoms with van der Waals surface area (Å²) in [6.07, 6.45) is 0.966. The molecule has 0 saturated heterocycles. The summed E-state index contributed by atoms with van der Waals surface area (Å²) in [6.45, 7) is 7.03. The zero-order valence-electron chi connectivity index (χ0n) is 21.4. The van der Waals surface area contributed by atoms with Gasteiger partial charge in [0.15, 0.2) is 0 Å². The van der Waals surface area contributed by atoms with Crippen LogP contribution in [-0.2, 0) is 13.0 Å². The van der Waals surface area contributed by atoms with Crippen molar-refractivity contribution >= 4 is 22.4 Å². The monoisotopic (exact) mass is 501 g/mol. The van der Waals surface area contributed by atoms with Gasteiger partial charge in [-0.15, -0.1) is 0 Å². The Morgan fingerprint density at radius 2 is 1.69 bits per heavy atom. The van der Waals surface area contributed by atoms with Gasteiger partial charge in [0.05, 0.1) is 19.6 Å². The van der Waals surface area contributed by atoms with Crippen molar-refractivity contribution < 1.29 is 14.2 Å². The fourth-order valence-electron chi connectivity index (χ4n) is 5.52. The summed E-state index contributed by atoms with van der Waals surface area (Å²) in [5.74, 6) is 2.51. The van der Waals surface area contributed by atoms with E-state index in [1.807, 2.05) is 36.4 Å². The topological polar surface area (TPSA) is 39.7 Å². The van der Waals surface area contributed by atoms with Crippen LogP contribution in [-0.4, -0.2) is 20.3 Å². The van der Waals surface area contributed by atoms with E-state index in [2.05, 4.69) is 50.4 Å². The highest BCUT2D eigenvalue weighted by Crippen LogP contribution is 2.47. The van der Waals surface area contributed by atoms with E-state index in [0.717, 1.165) is 61.7 Å². The van der Waals surface area contributed by atoms with E-state index in [1.165, 1.54) is 11.1 Å². The lowest BCUT2D eigenvalue weighted by molar-refractivity contribution is 0.296. The molecule has 0 bridgehead atoms. The predicted molar refractivity (Wildman–Crippen MR) is 148 cm³/mol. The van der Waals surface area contributed by atoms with Crippen LogP contribution < -0.4 is 19.5 Å². The smallest absolute Gasteiger partial charge is 0.132 e. The van der Waals surface area contributed by atoms with Crippen LogP contribution in [0.2, 0.25) is 5.02 Å². The molecule has 4 nitrogen and oxygen atoms in total. The number of halogens is 1. The van der Waals surface area contributed by atoms with Crippen molar-refractivity contribution in [2.75, 3.05) is 14.2 Å². The summed E-state index contributed by atoms with van der Waals surface area (Å²) < 4.78 is 18.2. The number of methoxy groups -OCH3 is 2. The second-order valence-corrected chi connectivity index (χ2v) is 10.0. The van der Waals surface area contributed by atoms with Crippen LogP contribution in [0.5, 0.6) is 17.2 Å². The minimum atomic E-state index is 0.170. The first-order valence-electron chi connectivity index (χ1n) is 12.3. The van der Waals surface area contributed by atoms with Crippen LogP contribution in [0, 0.1) is 6.92 Å². The first-order valence-corrected chi connectivity index (χ1v) is 12.7. The minimum Gasteiger partial charge on any atom is -0.496 e. The maximum atomic E-state index is 6.69. The first-order chi connectivity index (χ1) is 17.4. The lowest BCUT2D eigenvalue weighted by atomic mass is 9.85. The molecule has 1 aliphatic rings. The van der Waals surface area contributed by atoms with Gasteiger partial charge in [-0.3, -0.25) is 0 Å². The summed E-state index contributed by atoms with van der Waals surface area (Å²) in [6, 6.07) is 21.1. The minimum absolute atomic E-state index is 0.170. The molecule has 0 saturated carbocycles. The second-order valence-electron chi connectivity index (χ2n) is 9.58. The third kappa shape index (κ3) is 4.40. The number of fused-ring (bicyclic) bond motifs is 2. The molecule has 1 heterocycles. The van der Waals surface area contributed by atoms with Crippen molar-refractivity contribution in [1.82, 2.24) is 5.32 Å². The van der Waals surface area contributed by atoms with Crippen LogP contribution in [0.25, 0.3) is 21.9 Å². The summed E-state index contributed by atoms with van der Waals surface area (Å²) in [7, 11) is 3.40. The van der Waals surface area contributed by atoms with E-state index in [4.69, 9.17) is 25.8 Å². The third-order valence-electron chi connectivity index (χ3n) is 7.07. The molecule has 2 atom stereocenters. The highest BCUT2D eigenvalue weighted by atomic mass is 35.5. The van der Waals surface area contributed by atoms with Gasteiger partial charge in [0.25, 0.3) is 0 Å². The zero-order chi connectivity index (χ0) is 25.4. The Balaban J connectivity index is 1.74. The number of nitrogens with one attached hydrogen (secondary N) is 1. The van der Waals surface area contributed by atoms with Gasteiger partial charge >= 0.3 is 0 Å². The van der Waals surface area contributed by atoms with Gasteiger partial charge in [-0.05, 0) is 79.1 Å². The molecule has 0 aliphatic carbocycles. The third-order valence-corrected chi connectivity index (χ3v) is 7.32. The average molecular weight is 502 g/mol. The van der Waals surface area contributed by atoms with Gasteiger partial charge < -0.3 is 19.5 Å². The van der Waals surface area contributed by atoms with E-state index in [1.54, 1.807) is 14.2 Å². The Morgan fingerprint density at radius 3 is 2.42 bits per heavy atom. The second kappa shape index (κ2) is 10.0. The first kappa shape index (κ1) is 24.5. The van der Waals surface area contributed by atoms with E-state index in [0.29, 0.717) is 12.6 Å². The van der Waals surface area contributed by atoms with Gasteiger partial charge in [-0.1, -0.05) is 48.0 Å². The lowest BCUT2D eigenvalue weighted by Crippen LogP contribution is -2.36. The molecule has 0 unspecified atom stereocenters. The standard InChI is InChI=1S/C31H32ClNO3/c1-18-15-27(35-5)30-24(7-6-8-26(30)34-4)28(18)25-14-11-22-16-19(2)33-20(3)29(22)31(25)36-17-21-9-12-23(32)13-10-21/h6-15,19-20,33H,16-17H2,1-5H3/t19-,20-/m1/s1. The molecule has 0 amide bonds.